The summed E-state index contributed by atoms with van der Waals surface area (Å²) < 4.78 is 4.96. The van der Waals surface area contributed by atoms with Crippen LogP contribution in [-0.2, 0) is 9.53 Å². The molecule has 0 fully saturated rings. The predicted molar refractivity (Wildman–Crippen MR) is 92.3 cm³/mol. The zero-order valence-corrected chi connectivity index (χ0v) is 14.2. The van der Waals surface area contributed by atoms with E-state index >= 15 is 0 Å². The number of ether oxygens (including phenoxy) is 1. The van der Waals surface area contributed by atoms with Gasteiger partial charge in [0.2, 0.25) is 0 Å². The minimum atomic E-state index is -0.744. The molecule has 134 valence electrons. The number of carbonyl (C=O) groups is 2. The summed E-state index contributed by atoms with van der Waals surface area (Å²) in [6.07, 6.45) is 7.63. The number of benzene rings is 1. The summed E-state index contributed by atoms with van der Waals surface area (Å²) in [6, 6.07) is 4.18. The van der Waals surface area contributed by atoms with Gasteiger partial charge in [-0.05, 0) is 45.1 Å². The number of nitro benzene ring substituents is 1. The Labute approximate surface area is 146 Å². The van der Waals surface area contributed by atoms with Gasteiger partial charge < -0.3 is 10.1 Å². The van der Waals surface area contributed by atoms with Crippen LogP contribution in [0.5, 0.6) is 0 Å². The molecule has 7 nitrogen and oxygen atoms in total. The summed E-state index contributed by atoms with van der Waals surface area (Å²) in [5.74, 6) is -1.13. The molecular formula is C18H22N2O5. The first kappa shape index (κ1) is 18.6. The minimum Gasteiger partial charge on any atom is -0.452 e. The van der Waals surface area contributed by atoms with E-state index in [0.717, 1.165) is 19.3 Å². The number of nitro groups is 1. The second kappa shape index (κ2) is 8.96. The molecule has 25 heavy (non-hydrogen) atoms. The molecule has 0 heterocycles. The minimum absolute atomic E-state index is 0.0920. The van der Waals surface area contributed by atoms with Crippen molar-refractivity contribution >= 4 is 17.6 Å². The molecule has 0 aliphatic heterocycles. The smallest absolute Gasteiger partial charge is 0.339 e. The summed E-state index contributed by atoms with van der Waals surface area (Å²) in [5.41, 5.74) is 1.52. The summed E-state index contributed by atoms with van der Waals surface area (Å²) in [6.45, 7) is 1.59. The second-order valence-corrected chi connectivity index (χ2v) is 5.99. The molecule has 1 aromatic carbocycles. The summed E-state index contributed by atoms with van der Waals surface area (Å²) in [4.78, 5) is 34.1. The molecule has 0 saturated heterocycles. The third-order valence-corrected chi connectivity index (χ3v) is 4.21. The highest BCUT2D eigenvalue weighted by atomic mass is 16.6. The third kappa shape index (κ3) is 5.41. The maximum atomic E-state index is 12.0. The number of allylic oxidation sites excluding steroid dienone is 1. The van der Waals surface area contributed by atoms with Crippen LogP contribution < -0.4 is 5.32 Å². The Morgan fingerprint density at radius 3 is 2.80 bits per heavy atom. The number of hydrogen-bond donors (Lipinski definition) is 1. The van der Waals surface area contributed by atoms with E-state index in [9.17, 15) is 19.7 Å². The van der Waals surface area contributed by atoms with Crippen molar-refractivity contribution in [1.82, 2.24) is 5.32 Å². The molecule has 1 aliphatic rings. The van der Waals surface area contributed by atoms with E-state index in [-0.39, 0.29) is 22.7 Å². The van der Waals surface area contributed by atoms with Crippen molar-refractivity contribution in [1.29, 1.82) is 0 Å². The summed E-state index contributed by atoms with van der Waals surface area (Å²) in [5, 5.41) is 13.6. The molecular weight excluding hydrogens is 324 g/mol. The van der Waals surface area contributed by atoms with Gasteiger partial charge >= 0.3 is 5.97 Å². The normalized spacial score (nSPS) is 13.7. The molecule has 0 saturated carbocycles. The van der Waals surface area contributed by atoms with E-state index in [4.69, 9.17) is 4.74 Å². The van der Waals surface area contributed by atoms with Crippen molar-refractivity contribution in [3.63, 3.8) is 0 Å². The van der Waals surface area contributed by atoms with Gasteiger partial charge in [-0.25, -0.2) is 4.79 Å². The first-order valence-electron chi connectivity index (χ1n) is 8.34. The number of nitrogens with zero attached hydrogens (tertiary/aromatic N) is 1. The molecule has 1 amide bonds. The fourth-order valence-corrected chi connectivity index (χ4v) is 2.80. The van der Waals surface area contributed by atoms with Crippen molar-refractivity contribution in [2.75, 3.05) is 13.2 Å². The van der Waals surface area contributed by atoms with Crippen LogP contribution in [0.15, 0.2) is 29.8 Å². The molecule has 1 aliphatic carbocycles. The Morgan fingerprint density at radius 1 is 1.32 bits per heavy atom. The molecule has 0 unspecified atom stereocenters. The first-order chi connectivity index (χ1) is 12.0. The molecule has 0 bridgehead atoms. The largest absolute Gasteiger partial charge is 0.452 e. The van der Waals surface area contributed by atoms with E-state index < -0.39 is 17.5 Å². The lowest BCUT2D eigenvalue weighted by molar-refractivity contribution is -0.385. The van der Waals surface area contributed by atoms with Gasteiger partial charge in [-0.2, -0.15) is 0 Å². The van der Waals surface area contributed by atoms with Crippen LogP contribution in [0.4, 0.5) is 5.69 Å². The lowest BCUT2D eigenvalue weighted by Crippen LogP contribution is -2.30. The van der Waals surface area contributed by atoms with Gasteiger partial charge in [-0.3, -0.25) is 14.9 Å². The topological polar surface area (TPSA) is 98.5 Å². The summed E-state index contributed by atoms with van der Waals surface area (Å²) >= 11 is 0. The molecule has 0 radical (unpaired) electrons. The van der Waals surface area contributed by atoms with Crippen molar-refractivity contribution in [3.8, 4) is 0 Å². The third-order valence-electron chi connectivity index (χ3n) is 4.21. The van der Waals surface area contributed by atoms with Crippen LogP contribution in [0.3, 0.4) is 0 Å². The highest BCUT2D eigenvalue weighted by Crippen LogP contribution is 2.21. The van der Waals surface area contributed by atoms with Crippen LogP contribution >= 0.6 is 0 Å². The standard InChI is InChI=1S/C18H22N2O5/c1-13-15(8-5-9-16(13)20(23)24)18(22)25-12-17(21)19-11-10-14-6-3-2-4-7-14/h5-6,8-9H,2-4,7,10-12H2,1H3,(H,19,21). The first-order valence-corrected chi connectivity index (χ1v) is 8.34. The second-order valence-electron chi connectivity index (χ2n) is 5.99. The van der Waals surface area contributed by atoms with Crippen LogP contribution in [0.25, 0.3) is 0 Å². The molecule has 0 atom stereocenters. The molecule has 1 aromatic rings. The number of amides is 1. The molecule has 0 spiro atoms. The monoisotopic (exact) mass is 346 g/mol. The maximum Gasteiger partial charge on any atom is 0.339 e. The van der Waals surface area contributed by atoms with E-state index in [1.807, 2.05) is 0 Å². The Morgan fingerprint density at radius 2 is 2.12 bits per heavy atom. The van der Waals surface area contributed by atoms with Crippen molar-refractivity contribution < 1.29 is 19.2 Å². The number of rotatable bonds is 7. The van der Waals surface area contributed by atoms with Gasteiger partial charge in [0.1, 0.15) is 0 Å². The Kier molecular flexibility index (Phi) is 6.68. The van der Waals surface area contributed by atoms with Gasteiger partial charge in [-0.1, -0.05) is 17.7 Å². The van der Waals surface area contributed by atoms with Crippen LogP contribution in [0.1, 0.15) is 48.0 Å². The van der Waals surface area contributed by atoms with E-state index in [1.165, 1.54) is 43.5 Å². The van der Waals surface area contributed by atoms with Crippen molar-refractivity contribution in [2.45, 2.75) is 39.0 Å². The zero-order valence-electron chi connectivity index (χ0n) is 14.2. The number of carbonyl (C=O) groups excluding carboxylic acids is 2. The van der Waals surface area contributed by atoms with Crippen LogP contribution in [0.2, 0.25) is 0 Å². The quantitative estimate of drug-likeness (QED) is 0.354. The highest BCUT2D eigenvalue weighted by Gasteiger charge is 2.19. The van der Waals surface area contributed by atoms with E-state index in [0.29, 0.717) is 6.54 Å². The van der Waals surface area contributed by atoms with Crippen LogP contribution in [-0.4, -0.2) is 30.0 Å². The maximum absolute atomic E-state index is 12.0. The number of hydrogen-bond acceptors (Lipinski definition) is 5. The zero-order chi connectivity index (χ0) is 18.2. The van der Waals surface area contributed by atoms with Crippen LogP contribution in [0, 0.1) is 17.0 Å². The van der Waals surface area contributed by atoms with Crippen molar-refractivity contribution in [2.24, 2.45) is 0 Å². The molecule has 7 heteroatoms. The highest BCUT2D eigenvalue weighted by molar-refractivity contribution is 5.93. The van der Waals surface area contributed by atoms with Gasteiger partial charge in [0.05, 0.1) is 10.5 Å². The fourth-order valence-electron chi connectivity index (χ4n) is 2.80. The predicted octanol–water partition coefficient (Wildman–Crippen LogP) is 3.07. The molecule has 2 rings (SSSR count). The Hall–Kier alpha value is -2.70. The van der Waals surface area contributed by atoms with Gasteiger partial charge in [0.15, 0.2) is 6.61 Å². The van der Waals surface area contributed by atoms with E-state index in [2.05, 4.69) is 11.4 Å². The Balaban J connectivity index is 1.79. The average molecular weight is 346 g/mol. The SMILES string of the molecule is Cc1c(C(=O)OCC(=O)NCCC2=CCCCC2)cccc1[N+](=O)[O-]. The molecule has 1 N–H and O–H groups in total. The molecule has 0 aromatic heterocycles. The average Bonchev–Trinajstić information content (AvgIpc) is 2.60. The van der Waals surface area contributed by atoms with E-state index in [1.54, 1.807) is 0 Å². The Bertz CT molecular complexity index is 697. The number of esters is 1. The number of nitrogens with one attached hydrogen (secondary N) is 1. The van der Waals surface area contributed by atoms with Gasteiger partial charge in [-0.15, -0.1) is 0 Å². The fraction of sp³-hybridized carbons (Fsp3) is 0.444. The van der Waals surface area contributed by atoms with Gasteiger partial charge in [0.25, 0.3) is 11.6 Å². The van der Waals surface area contributed by atoms with Crippen molar-refractivity contribution in [3.05, 3.63) is 51.1 Å². The lowest BCUT2D eigenvalue weighted by Gasteiger charge is -2.13. The lowest BCUT2D eigenvalue weighted by atomic mass is 9.97. The van der Waals surface area contributed by atoms with Gasteiger partial charge in [0, 0.05) is 18.2 Å². The summed E-state index contributed by atoms with van der Waals surface area (Å²) in [7, 11) is 0.